The summed E-state index contributed by atoms with van der Waals surface area (Å²) >= 11 is 0. The van der Waals surface area contributed by atoms with E-state index >= 15 is 0 Å². The minimum atomic E-state index is -1.35. The molecule has 4 nitrogen and oxygen atoms in total. The lowest BCUT2D eigenvalue weighted by atomic mass is 9.79. The van der Waals surface area contributed by atoms with Crippen LogP contribution >= 0.6 is 0 Å². The van der Waals surface area contributed by atoms with E-state index < -0.39 is 6.10 Å². The second-order valence-electron chi connectivity index (χ2n) is 14.1. The van der Waals surface area contributed by atoms with Crippen LogP contribution in [-0.2, 0) is 21.7 Å². The van der Waals surface area contributed by atoms with Gasteiger partial charge in [-0.3, -0.25) is 4.90 Å². The number of nitrogens with zero attached hydrogens (tertiary/aromatic N) is 1. The van der Waals surface area contributed by atoms with Crippen LogP contribution in [-0.4, -0.2) is 13.1 Å². The Morgan fingerprint density at radius 1 is 0.559 bits per heavy atom. The van der Waals surface area contributed by atoms with Crippen LogP contribution in [0.3, 0.4) is 0 Å². The van der Waals surface area contributed by atoms with Gasteiger partial charge in [-0.1, -0.05) is 95.2 Å². The molecule has 4 heteroatoms. The largest absolute Gasteiger partial charge is 0.520 e. The predicted octanol–water partition coefficient (Wildman–Crippen LogP) is 7.79. The molecule has 1 atom stereocenters. The molecule has 0 saturated carbocycles. The molecule has 186 valence electrons. The number of rotatable bonds is 0. The van der Waals surface area contributed by atoms with Crippen molar-refractivity contribution in [3.63, 3.8) is 0 Å². The highest BCUT2D eigenvalue weighted by molar-refractivity contribution is 5.70. The summed E-state index contributed by atoms with van der Waals surface area (Å²) in [6.45, 7) is 26.7. The molecule has 4 rings (SSSR count). The van der Waals surface area contributed by atoms with Crippen molar-refractivity contribution in [1.29, 1.82) is 0 Å². The molecule has 0 fully saturated rings. The van der Waals surface area contributed by atoms with Crippen LogP contribution < -0.4 is 19.1 Å². The van der Waals surface area contributed by atoms with Crippen LogP contribution in [0.1, 0.15) is 105 Å². The first-order valence-electron chi connectivity index (χ1n) is 12.4. The van der Waals surface area contributed by atoms with Crippen molar-refractivity contribution >= 4 is 5.69 Å². The molecule has 2 aromatic carbocycles. The third-order valence-corrected chi connectivity index (χ3v) is 6.95. The van der Waals surface area contributed by atoms with Crippen molar-refractivity contribution in [2.45, 2.75) is 111 Å². The first-order chi connectivity index (χ1) is 15.2. The lowest BCUT2D eigenvalue weighted by Gasteiger charge is -2.28. The third kappa shape index (κ3) is 3.93. The molecule has 2 aliphatic rings. The van der Waals surface area contributed by atoms with E-state index in [1.807, 2.05) is 11.9 Å². The van der Waals surface area contributed by atoms with Crippen LogP contribution in [0.15, 0.2) is 24.3 Å². The molecule has 0 unspecified atom stereocenters. The van der Waals surface area contributed by atoms with E-state index in [-0.39, 0.29) is 21.7 Å². The Bertz CT molecular complexity index is 1130. The summed E-state index contributed by atoms with van der Waals surface area (Å²) in [4.78, 5) is 2.01. The van der Waals surface area contributed by atoms with Gasteiger partial charge in [0.1, 0.15) is 0 Å². The van der Waals surface area contributed by atoms with E-state index in [2.05, 4.69) is 107 Å². The molecule has 1 spiro atoms. The van der Waals surface area contributed by atoms with E-state index in [1.165, 1.54) is 11.1 Å². The topological polar surface area (TPSA) is 30.9 Å². The van der Waals surface area contributed by atoms with Crippen LogP contribution in [0.4, 0.5) is 5.69 Å². The Labute approximate surface area is 206 Å². The van der Waals surface area contributed by atoms with Crippen LogP contribution in [0.2, 0.25) is 0 Å². The molecule has 0 radical (unpaired) electrons. The van der Waals surface area contributed by atoms with Gasteiger partial charge < -0.3 is 14.2 Å². The van der Waals surface area contributed by atoms with Gasteiger partial charge in [-0.2, -0.15) is 0 Å². The van der Waals surface area contributed by atoms with Crippen LogP contribution in [0, 0.1) is 0 Å². The normalized spacial score (nSPS) is 20.1. The molecule has 0 aromatic heterocycles. The van der Waals surface area contributed by atoms with E-state index in [0.717, 1.165) is 34.1 Å². The molecular formula is C30H43NO3. The molecule has 34 heavy (non-hydrogen) atoms. The lowest BCUT2D eigenvalue weighted by Crippen LogP contribution is -2.55. The Morgan fingerprint density at radius 3 is 1.47 bits per heavy atom. The summed E-state index contributed by atoms with van der Waals surface area (Å²) < 4.78 is 19.9. The minimum absolute atomic E-state index is 0.00694. The van der Waals surface area contributed by atoms with Crippen molar-refractivity contribution in [3.8, 4) is 17.2 Å². The standard InChI is InChI=1S/C30H43NO3/c1-26(2,3)18-14-20(28(7,8)9)24-22(16-18)31(13)30(33-24)32-23-17-19(27(4,5)6)15-21(25(23)34-30)29(10,11)12/h14-17H,1-13H3/t30-/m1/s1. The van der Waals surface area contributed by atoms with Gasteiger partial charge in [-0.05, 0) is 44.9 Å². The maximum atomic E-state index is 6.65. The Balaban J connectivity index is 1.87. The third-order valence-electron chi connectivity index (χ3n) is 6.95. The highest BCUT2D eigenvalue weighted by Crippen LogP contribution is 2.55. The number of hydrogen-bond donors (Lipinski definition) is 0. The van der Waals surface area contributed by atoms with Gasteiger partial charge >= 0.3 is 6.10 Å². The van der Waals surface area contributed by atoms with Crippen molar-refractivity contribution in [2.24, 2.45) is 0 Å². The molecule has 0 aliphatic carbocycles. The van der Waals surface area contributed by atoms with Gasteiger partial charge in [-0.15, -0.1) is 0 Å². The van der Waals surface area contributed by atoms with Gasteiger partial charge in [0.15, 0.2) is 17.2 Å². The fourth-order valence-corrected chi connectivity index (χ4v) is 4.55. The van der Waals surface area contributed by atoms with Gasteiger partial charge in [0.25, 0.3) is 0 Å². The Morgan fingerprint density at radius 2 is 1.00 bits per heavy atom. The second kappa shape index (κ2) is 7.08. The van der Waals surface area contributed by atoms with Crippen molar-refractivity contribution in [3.05, 3.63) is 46.5 Å². The zero-order chi connectivity index (χ0) is 25.6. The summed E-state index contributed by atoms with van der Waals surface area (Å²) in [6, 6.07) is 8.89. The highest BCUT2D eigenvalue weighted by atomic mass is 16.9. The summed E-state index contributed by atoms with van der Waals surface area (Å²) in [6.07, 6.45) is -1.35. The summed E-state index contributed by atoms with van der Waals surface area (Å²) in [7, 11) is 2.00. The van der Waals surface area contributed by atoms with Crippen LogP contribution in [0.25, 0.3) is 0 Å². The first-order valence-corrected chi connectivity index (χ1v) is 12.4. The number of ether oxygens (including phenoxy) is 3. The number of anilines is 1. The number of benzene rings is 2. The average molecular weight is 466 g/mol. The van der Waals surface area contributed by atoms with Gasteiger partial charge in [-0.25, -0.2) is 0 Å². The zero-order valence-electron chi connectivity index (χ0n) is 23.5. The summed E-state index contributed by atoms with van der Waals surface area (Å²) in [5.41, 5.74) is 5.57. The lowest BCUT2D eigenvalue weighted by molar-refractivity contribution is -0.215. The minimum Gasteiger partial charge on any atom is -0.400 e. The van der Waals surface area contributed by atoms with E-state index in [0.29, 0.717) is 0 Å². The number of hydrogen-bond acceptors (Lipinski definition) is 4. The highest BCUT2D eigenvalue weighted by Gasteiger charge is 2.57. The van der Waals surface area contributed by atoms with Gasteiger partial charge in [0.05, 0.1) is 5.69 Å². The molecule has 2 aliphatic heterocycles. The SMILES string of the molecule is CN1c2cc(C(C)(C)C)cc(C(C)(C)C)c2O[C@]12Oc1cc(C(C)(C)C)cc(C(C)(C)C)c1O2. The molecule has 0 N–H and O–H groups in total. The molecule has 2 aromatic rings. The quantitative estimate of drug-likeness (QED) is 0.397. The Kier molecular flexibility index (Phi) is 5.16. The molecule has 0 saturated heterocycles. The van der Waals surface area contributed by atoms with E-state index in [4.69, 9.17) is 14.2 Å². The number of fused-ring (bicyclic) bond motifs is 2. The molecular weight excluding hydrogens is 422 g/mol. The predicted molar refractivity (Wildman–Crippen MR) is 141 cm³/mol. The Hall–Kier alpha value is -2.36. The molecule has 0 amide bonds. The second-order valence-corrected chi connectivity index (χ2v) is 14.1. The van der Waals surface area contributed by atoms with Crippen molar-refractivity contribution in [1.82, 2.24) is 0 Å². The van der Waals surface area contributed by atoms with Crippen molar-refractivity contribution in [2.75, 3.05) is 11.9 Å². The smallest absolute Gasteiger partial charge is 0.400 e. The van der Waals surface area contributed by atoms with E-state index in [9.17, 15) is 0 Å². The fourth-order valence-electron chi connectivity index (χ4n) is 4.55. The summed E-state index contributed by atoms with van der Waals surface area (Å²) in [5.74, 6) is 2.35. The molecule has 2 heterocycles. The first kappa shape index (κ1) is 24.8. The maximum absolute atomic E-state index is 6.65. The van der Waals surface area contributed by atoms with Gasteiger partial charge in [0, 0.05) is 18.2 Å². The van der Waals surface area contributed by atoms with Crippen molar-refractivity contribution < 1.29 is 14.2 Å². The average Bonchev–Trinajstić information content (AvgIpc) is 3.14. The summed E-state index contributed by atoms with van der Waals surface area (Å²) in [5, 5.41) is 0. The van der Waals surface area contributed by atoms with Gasteiger partial charge in [0.2, 0.25) is 0 Å². The monoisotopic (exact) mass is 465 g/mol. The van der Waals surface area contributed by atoms with Crippen LogP contribution in [0.5, 0.6) is 17.2 Å². The fraction of sp³-hybridized carbons (Fsp3) is 0.600. The van der Waals surface area contributed by atoms with E-state index in [1.54, 1.807) is 0 Å². The molecule has 0 bridgehead atoms. The zero-order valence-corrected chi connectivity index (χ0v) is 23.5. The maximum Gasteiger partial charge on any atom is 0.520 e.